The molecule has 0 radical (unpaired) electrons. The molecule has 0 aromatic heterocycles. The molecule has 0 saturated carbocycles. The molecule has 19 heavy (non-hydrogen) atoms. The van der Waals surface area contributed by atoms with Gasteiger partial charge in [0.1, 0.15) is 0 Å². The number of hydrogen-bond donors (Lipinski definition) is 0. The van der Waals surface area contributed by atoms with Crippen LogP contribution in [0.5, 0.6) is 0 Å². The van der Waals surface area contributed by atoms with Crippen LogP contribution in [0.1, 0.15) is 16.7 Å². The summed E-state index contributed by atoms with van der Waals surface area (Å²) in [4.78, 5) is 0. The molecule has 1 nitrogen and oxygen atoms in total. The van der Waals surface area contributed by atoms with Crippen LogP contribution < -0.4 is 0 Å². The average molecular weight is 289 g/mol. The first-order valence-corrected chi connectivity index (χ1v) is 4.52. The van der Waals surface area contributed by atoms with Crippen molar-refractivity contribution < 1.29 is 35.1 Å². The molecular formula is C10H3F8N. The van der Waals surface area contributed by atoms with E-state index in [0.717, 1.165) is 6.07 Å². The Morgan fingerprint density at radius 2 is 1.37 bits per heavy atom. The molecule has 1 aromatic rings. The van der Waals surface area contributed by atoms with E-state index in [1.807, 2.05) is 0 Å². The Morgan fingerprint density at radius 3 is 1.74 bits per heavy atom. The highest BCUT2D eigenvalue weighted by molar-refractivity contribution is 5.39. The molecular weight excluding hydrogens is 286 g/mol. The van der Waals surface area contributed by atoms with Gasteiger partial charge in [0, 0.05) is 5.56 Å². The highest BCUT2D eigenvalue weighted by atomic mass is 19.4. The summed E-state index contributed by atoms with van der Waals surface area (Å²) < 4.78 is 101. The van der Waals surface area contributed by atoms with Gasteiger partial charge in [-0.15, -0.1) is 0 Å². The minimum Gasteiger partial charge on any atom is -0.203 e. The van der Waals surface area contributed by atoms with E-state index in [-0.39, 0.29) is 0 Å². The number of hydrogen-bond acceptors (Lipinski definition) is 1. The van der Waals surface area contributed by atoms with Gasteiger partial charge in [0.2, 0.25) is 0 Å². The third-order valence-electron chi connectivity index (χ3n) is 2.17. The largest absolute Gasteiger partial charge is 0.419 e. The van der Waals surface area contributed by atoms with Gasteiger partial charge in [-0.25, -0.2) is 8.78 Å². The monoisotopic (exact) mass is 289 g/mol. The van der Waals surface area contributed by atoms with Gasteiger partial charge in [-0.05, 0) is 6.07 Å². The first-order valence-electron chi connectivity index (χ1n) is 4.52. The molecule has 0 aliphatic heterocycles. The molecule has 0 unspecified atom stereocenters. The molecule has 0 bridgehead atoms. The minimum absolute atomic E-state index is 0.537. The van der Waals surface area contributed by atoms with Crippen LogP contribution in [-0.4, -0.2) is 0 Å². The van der Waals surface area contributed by atoms with E-state index in [1.165, 1.54) is 0 Å². The number of rotatable bonds is 1. The SMILES string of the molecule is N#CCc1c(C(F)(F)F)cc(C(F)(F)F)c(F)c1F. The van der Waals surface area contributed by atoms with Crippen LogP contribution >= 0.6 is 0 Å². The first kappa shape index (κ1) is 15.2. The van der Waals surface area contributed by atoms with Crippen LogP contribution in [0.3, 0.4) is 0 Å². The standard InChI is InChI=1S/C10H3F8N/c11-7-4(1-2-19)5(9(13,14)15)3-6(8(7)12)10(16,17)18/h3H,1H2. The van der Waals surface area contributed by atoms with Crippen molar-refractivity contribution in [2.45, 2.75) is 18.8 Å². The summed E-state index contributed by atoms with van der Waals surface area (Å²) in [6.07, 6.45) is -12.0. The second kappa shape index (κ2) is 4.68. The maximum atomic E-state index is 13.2. The van der Waals surface area contributed by atoms with Gasteiger partial charge in [-0.1, -0.05) is 0 Å². The molecule has 0 heterocycles. The zero-order valence-electron chi connectivity index (χ0n) is 8.76. The quantitative estimate of drug-likeness (QED) is 0.715. The topological polar surface area (TPSA) is 23.8 Å². The lowest BCUT2D eigenvalue weighted by molar-refractivity contribution is -0.145. The van der Waals surface area contributed by atoms with Crippen LogP contribution in [0.15, 0.2) is 6.07 Å². The van der Waals surface area contributed by atoms with Crippen LogP contribution in [0.2, 0.25) is 0 Å². The van der Waals surface area contributed by atoms with Crippen molar-refractivity contribution in [1.29, 1.82) is 5.26 Å². The molecule has 0 fully saturated rings. The number of nitrogens with zero attached hydrogens (tertiary/aromatic N) is 1. The molecule has 0 saturated heterocycles. The zero-order valence-corrected chi connectivity index (χ0v) is 8.76. The number of halogens is 8. The molecule has 104 valence electrons. The fourth-order valence-electron chi connectivity index (χ4n) is 1.37. The Labute approximate surface area is 101 Å². The van der Waals surface area contributed by atoms with Crippen molar-refractivity contribution in [3.8, 4) is 6.07 Å². The summed E-state index contributed by atoms with van der Waals surface area (Å²) in [5.74, 6) is -4.77. The van der Waals surface area contributed by atoms with Crippen LogP contribution in [-0.2, 0) is 18.8 Å². The lowest BCUT2D eigenvalue weighted by Gasteiger charge is -2.16. The van der Waals surface area contributed by atoms with E-state index >= 15 is 0 Å². The number of benzene rings is 1. The van der Waals surface area contributed by atoms with E-state index in [2.05, 4.69) is 0 Å². The number of nitriles is 1. The fourth-order valence-corrected chi connectivity index (χ4v) is 1.37. The van der Waals surface area contributed by atoms with E-state index in [1.54, 1.807) is 0 Å². The Bertz CT molecular complexity index is 534. The van der Waals surface area contributed by atoms with Crippen LogP contribution in [0.25, 0.3) is 0 Å². The second-order valence-corrected chi connectivity index (χ2v) is 3.41. The van der Waals surface area contributed by atoms with Crippen molar-refractivity contribution in [3.05, 3.63) is 34.4 Å². The molecule has 0 N–H and O–H groups in total. The smallest absolute Gasteiger partial charge is 0.203 e. The highest BCUT2D eigenvalue weighted by Crippen LogP contribution is 2.40. The highest BCUT2D eigenvalue weighted by Gasteiger charge is 2.42. The molecule has 9 heteroatoms. The van der Waals surface area contributed by atoms with Gasteiger partial charge in [0.05, 0.1) is 23.6 Å². The van der Waals surface area contributed by atoms with Gasteiger partial charge in [-0.3, -0.25) is 0 Å². The van der Waals surface area contributed by atoms with Gasteiger partial charge in [0.25, 0.3) is 0 Å². The van der Waals surface area contributed by atoms with Crippen LogP contribution in [0.4, 0.5) is 35.1 Å². The lowest BCUT2D eigenvalue weighted by Crippen LogP contribution is -2.18. The summed E-state index contributed by atoms with van der Waals surface area (Å²) in [6.45, 7) is 0. The van der Waals surface area contributed by atoms with Gasteiger partial charge >= 0.3 is 12.4 Å². The van der Waals surface area contributed by atoms with Crippen molar-refractivity contribution in [2.24, 2.45) is 0 Å². The van der Waals surface area contributed by atoms with Crippen molar-refractivity contribution in [1.82, 2.24) is 0 Å². The molecule has 1 rings (SSSR count). The minimum atomic E-state index is -5.48. The molecule has 0 atom stereocenters. The van der Waals surface area contributed by atoms with Crippen LogP contribution in [0, 0.1) is 23.0 Å². The van der Waals surface area contributed by atoms with Crippen molar-refractivity contribution in [2.75, 3.05) is 0 Å². The number of alkyl halides is 6. The molecule has 1 aromatic carbocycles. The Hall–Kier alpha value is -1.85. The van der Waals surface area contributed by atoms with E-state index in [9.17, 15) is 35.1 Å². The first-order chi connectivity index (χ1) is 8.50. The van der Waals surface area contributed by atoms with Gasteiger partial charge < -0.3 is 0 Å². The Morgan fingerprint density at radius 1 is 0.895 bits per heavy atom. The normalized spacial score (nSPS) is 12.4. The predicted molar refractivity (Wildman–Crippen MR) is 45.7 cm³/mol. The summed E-state index contributed by atoms with van der Waals surface area (Å²) >= 11 is 0. The maximum Gasteiger partial charge on any atom is 0.419 e. The van der Waals surface area contributed by atoms with Crippen molar-refractivity contribution >= 4 is 0 Å². The molecule has 0 aliphatic rings. The predicted octanol–water partition coefficient (Wildman–Crippen LogP) is 4.07. The Balaban J connectivity index is 3.70. The summed E-state index contributed by atoms with van der Waals surface area (Å²) in [7, 11) is 0. The van der Waals surface area contributed by atoms with E-state index in [4.69, 9.17) is 5.26 Å². The summed E-state index contributed by atoms with van der Waals surface area (Å²) in [6, 6.07) is 0.598. The van der Waals surface area contributed by atoms with E-state index < -0.39 is 53.2 Å². The second-order valence-electron chi connectivity index (χ2n) is 3.41. The summed E-state index contributed by atoms with van der Waals surface area (Å²) in [5, 5.41) is 8.23. The third kappa shape index (κ3) is 2.94. The third-order valence-corrected chi connectivity index (χ3v) is 2.17. The molecule has 0 aliphatic carbocycles. The van der Waals surface area contributed by atoms with Gasteiger partial charge in [-0.2, -0.15) is 31.6 Å². The van der Waals surface area contributed by atoms with Crippen molar-refractivity contribution in [3.63, 3.8) is 0 Å². The summed E-state index contributed by atoms with van der Waals surface area (Å²) in [5.41, 5.74) is -5.82. The maximum absolute atomic E-state index is 13.2. The van der Waals surface area contributed by atoms with Gasteiger partial charge in [0.15, 0.2) is 11.6 Å². The average Bonchev–Trinajstić information content (AvgIpc) is 2.21. The molecule has 0 spiro atoms. The lowest BCUT2D eigenvalue weighted by atomic mass is 9.99. The van der Waals surface area contributed by atoms with E-state index in [0.29, 0.717) is 0 Å². The zero-order chi connectivity index (χ0) is 15.0. The fraction of sp³-hybridized carbons (Fsp3) is 0.300. The molecule has 0 amide bonds. The Kier molecular flexibility index (Phi) is 3.74.